The van der Waals surface area contributed by atoms with E-state index in [0.717, 1.165) is 23.1 Å². The number of hydrogen-bond acceptors (Lipinski definition) is 2. The molecule has 0 fully saturated rings. The van der Waals surface area contributed by atoms with Gasteiger partial charge in [-0.25, -0.2) is 0 Å². The Morgan fingerprint density at radius 3 is 2.74 bits per heavy atom. The SMILES string of the molecule is Clc1ccc(CNC2CSCc3ccccc32)cc1. The molecule has 0 saturated heterocycles. The number of benzene rings is 2. The summed E-state index contributed by atoms with van der Waals surface area (Å²) < 4.78 is 0. The van der Waals surface area contributed by atoms with Crippen molar-refractivity contribution < 1.29 is 0 Å². The lowest BCUT2D eigenvalue weighted by Crippen LogP contribution is -2.26. The van der Waals surface area contributed by atoms with Crippen LogP contribution < -0.4 is 5.32 Å². The molecule has 19 heavy (non-hydrogen) atoms. The number of thioether (sulfide) groups is 1. The van der Waals surface area contributed by atoms with Gasteiger partial charge < -0.3 is 5.32 Å². The van der Waals surface area contributed by atoms with Gasteiger partial charge in [-0.3, -0.25) is 0 Å². The van der Waals surface area contributed by atoms with Gasteiger partial charge >= 0.3 is 0 Å². The van der Waals surface area contributed by atoms with E-state index in [1.54, 1.807) is 0 Å². The molecule has 0 saturated carbocycles. The van der Waals surface area contributed by atoms with Crippen LogP contribution in [0.1, 0.15) is 22.7 Å². The molecular weight excluding hydrogens is 274 g/mol. The summed E-state index contributed by atoms with van der Waals surface area (Å²) in [5.74, 6) is 2.28. The van der Waals surface area contributed by atoms with Crippen LogP contribution in [0.4, 0.5) is 0 Å². The molecule has 0 bridgehead atoms. The molecule has 98 valence electrons. The monoisotopic (exact) mass is 289 g/mol. The third-order valence-corrected chi connectivity index (χ3v) is 4.77. The largest absolute Gasteiger partial charge is 0.305 e. The van der Waals surface area contributed by atoms with Crippen molar-refractivity contribution in [2.24, 2.45) is 0 Å². The van der Waals surface area contributed by atoms with Crippen molar-refractivity contribution in [1.82, 2.24) is 5.32 Å². The fraction of sp³-hybridized carbons (Fsp3) is 0.250. The first-order valence-electron chi connectivity index (χ1n) is 6.46. The first kappa shape index (κ1) is 13.0. The fourth-order valence-electron chi connectivity index (χ4n) is 2.39. The number of hydrogen-bond donors (Lipinski definition) is 1. The lowest BCUT2D eigenvalue weighted by atomic mass is 10.0. The van der Waals surface area contributed by atoms with Gasteiger partial charge in [0, 0.05) is 29.1 Å². The van der Waals surface area contributed by atoms with E-state index in [0.29, 0.717) is 6.04 Å². The number of halogens is 1. The van der Waals surface area contributed by atoms with Crippen LogP contribution in [0, 0.1) is 0 Å². The quantitative estimate of drug-likeness (QED) is 0.898. The van der Waals surface area contributed by atoms with Gasteiger partial charge in [0.05, 0.1) is 0 Å². The molecule has 0 aliphatic carbocycles. The Kier molecular flexibility index (Phi) is 4.12. The molecule has 1 aliphatic heterocycles. The highest BCUT2D eigenvalue weighted by Gasteiger charge is 2.19. The minimum absolute atomic E-state index is 0.450. The summed E-state index contributed by atoms with van der Waals surface area (Å²) in [7, 11) is 0. The van der Waals surface area contributed by atoms with E-state index < -0.39 is 0 Å². The van der Waals surface area contributed by atoms with Crippen molar-refractivity contribution in [1.29, 1.82) is 0 Å². The molecule has 1 aliphatic rings. The van der Waals surface area contributed by atoms with Gasteiger partial charge in [-0.05, 0) is 28.8 Å². The van der Waals surface area contributed by atoms with Crippen molar-refractivity contribution in [3.05, 3.63) is 70.2 Å². The van der Waals surface area contributed by atoms with E-state index in [1.165, 1.54) is 16.7 Å². The Bertz CT molecular complexity index is 553. The first-order chi connectivity index (χ1) is 9.33. The molecule has 0 amide bonds. The van der Waals surface area contributed by atoms with Gasteiger partial charge in [-0.1, -0.05) is 48.0 Å². The standard InChI is InChI=1S/C16H16ClNS/c17-14-7-5-12(6-8-14)9-18-16-11-19-10-13-3-1-2-4-15(13)16/h1-8,16,18H,9-11H2. The molecule has 1 nitrogen and oxygen atoms in total. The van der Waals surface area contributed by atoms with E-state index in [9.17, 15) is 0 Å². The van der Waals surface area contributed by atoms with E-state index >= 15 is 0 Å². The molecule has 1 heterocycles. The minimum Gasteiger partial charge on any atom is -0.305 e. The summed E-state index contributed by atoms with van der Waals surface area (Å²) >= 11 is 7.90. The van der Waals surface area contributed by atoms with Crippen molar-refractivity contribution >= 4 is 23.4 Å². The van der Waals surface area contributed by atoms with Crippen LogP contribution in [-0.4, -0.2) is 5.75 Å². The average Bonchev–Trinajstić information content (AvgIpc) is 2.47. The second-order valence-corrected chi connectivity index (χ2v) is 6.24. The molecule has 2 aromatic rings. The molecule has 0 radical (unpaired) electrons. The topological polar surface area (TPSA) is 12.0 Å². The molecular formula is C16H16ClNS. The number of fused-ring (bicyclic) bond motifs is 1. The zero-order valence-electron chi connectivity index (χ0n) is 10.6. The first-order valence-corrected chi connectivity index (χ1v) is 7.99. The number of rotatable bonds is 3. The second-order valence-electron chi connectivity index (χ2n) is 4.77. The summed E-state index contributed by atoms with van der Waals surface area (Å²) in [4.78, 5) is 0. The predicted octanol–water partition coefficient (Wildman–Crippen LogP) is 4.42. The maximum absolute atomic E-state index is 5.90. The average molecular weight is 290 g/mol. The maximum atomic E-state index is 5.90. The molecule has 0 spiro atoms. The molecule has 1 N–H and O–H groups in total. The lowest BCUT2D eigenvalue weighted by Gasteiger charge is -2.26. The second kappa shape index (κ2) is 6.00. The highest BCUT2D eigenvalue weighted by Crippen LogP contribution is 2.31. The van der Waals surface area contributed by atoms with E-state index in [-0.39, 0.29) is 0 Å². The third-order valence-electron chi connectivity index (χ3n) is 3.44. The molecule has 0 aromatic heterocycles. The Morgan fingerprint density at radius 2 is 1.89 bits per heavy atom. The van der Waals surface area contributed by atoms with Gasteiger partial charge in [-0.15, -0.1) is 0 Å². The molecule has 3 rings (SSSR count). The molecule has 2 aromatic carbocycles. The maximum Gasteiger partial charge on any atom is 0.0417 e. The van der Waals surface area contributed by atoms with Gasteiger partial charge in [0.1, 0.15) is 0 Å². The van der Waals surface area contributed by atoms with Crippen LogP contribution in [0.15, 0.2) is 48.5 Å². The highest BCUT2D eigenvalue weighted by atomic mass is 35.5. The Balaban J connectivity index is 1.69. The third kappa shape index (κ3) is 3.14. The van der Waals surface area contributed by atoms with E-state index in [4.69, 9.17) is 11.6 Å². The Hall–Kier alpha value is -0.960. The smallest absolute Gasteiger partial charge is 0.0417 e. The summed E-state index contributed by atoms with van der Waals surface area (Å²) in [6, 6.07) is 17.2. The van der Waals surface area contributed by atoms with Crippen LogP contribution in [0.5, 0.6) is 0 Å². The number of nitrogens with one attached hydrogen (secondary N) is 1. The van der Waals surface area contributed by atoms with Gasteiger partial charge in [-0.2, -0.15) is 11.8 Å². The van der Waals surface area contributed by atoms with Crippen LogP contribution in [0.3, 0.4) is 0 Å². The summed E-state index contributed by atoms with van der Waals surface area (Å²) in [6.45, 7) is 0.886. The Labute approximate surface area is 123 Å². The predicted molar refractivity (Wildman–Crippen MR) is 83.6 cm³/mol. The van der Waals surface area contributed by atoms with Crippen LogP contribution in [0.2, 0.25) is 5.02 Å². The normalized spacial score (nSPS) is 18.1. The lowest BCUT2D eigenvalue weighted by molar-refractivity contribution is 0.575. The zero-order chi connectivity index (χ0) is 13.1. The van der Waals surface area contributed by atoms with Gasteiger partial charge in [0.15, 0.2) is 0 Å². The van der Waals surface area contributed by atoms with Crippen LogP contribution in [0.25, 0.3) is 0 Å². The van der Waals surface area contributed by atoms with Crippen molar-refractivity contribution in [3.8, 4) is 0 Å². The van der Waals surface area contributed by atoms with Crippen LogP contribution in [-0.2, 0) is 12.3 Å². The van der Waals surface area contributed by atoms with Crippen molar-refractivity contribution in [2.75, 3.05) is 5.75 Å². The highest BCUT2D eigenvalue weighted by molar-refractivity contribution is 7.98. The van der Waals surface area contributed by atoms with E-state index in [1.807, 2.05) is 23.9 Å². The van der Waals surface area contributed by atoms with Gasteiger partial charge in [0.25, 0.3) is 0 Å². The molecule has 1 atom stereocenters. The minimum atomic E-state index is 0.450. The van der Waals surface area contributed by atoms with Crippen molar-refractivity contribution in [3.63, 3.8) is 0 Å². The van der Waals surface area contributed by atoms with Gasteiger partial charge in [0.2, 0.25) is 0 Å². The summed E-state index contributed by atoms with van der Waals surface area (Å²) in [5, 5.41) is 4.44. The molecule has 1 unspecified atom stereocenters. The van der Waals surface area contributed by atoms with Crippen LogP contribution >= 0.6 is 23.4 Å². The van der Waals surface area contributed by atoms with Crippen molar-refractivity contribution in [2.45, 2.75) is 18.3 Å². The molecule has 3 heteroatoms. The van der Waals surface area contributed by atoms with E-state index in [2.05, 4.69) is 41.7 Å². The summed E-state index contributed by atoms with van der Waals surface area (Å²) in [5.41, 5.74) is 4.19. The Morgan fingerprint density at radius 1 is 1.11 bits per heavy atom. The summed E-state index contributed by atoms with van der Waals surface area (Å²) in [6.07, 6.45) is 0. The zero-order valence-corrected chi connectivity index (χ0v) is 12.2. The fourth-order valence-corrected chi connectivity index (χ4v) is 3.65.